The van der Waals surface area contributed by atoms with Crippen LogP contribution in [0.25, 0.3) is 0 Å². The number of methoxy groups -OCH3 is 1. The van der Waals surface area contributed by atoms with Crippen LogP contribution in [-0.4, -0.2) is 90.3 Å². The van der Waals surface area contributed by atoms with Crippen molar-refractivity contribution in [3.05, 3.63) is 0 Å². The molecular formula is C23H40N2O9S. The topological polar surface area (TPSA) is 160 Å². The van der Waals surface area contributed by atoms with Crippen molar-refractivity contribution in [3.8, 4) is 0 Å². The van der Waals surface area contributed by atoms with Crippen molar-refractivity contribution in [1.29, 1.82) is 0 Å². The molecule has 35 heavy (non-hydrogen) atoms. The lowest BCUT2D eigenvalue weighted by atomic mass is 9.85. The number of hydrogen-bond acceptors (Lipinski definition) is 10. The van der Waals surface area contributed by atoms with Gasteiger partial charge in [-0.3, -0.25) is 19.2 Å². The van der Waals surface area contributed by atoms with Gasteiger partial charge in [-0.25, -0.2) is 0 Å². The van der Waals surface area contributed by atoms with Crippen LogP contribution < -0.4 is 10.6 Å². The molecule has 0 spiro atoms. The lowest BCUT2D eigenvalue weighted by molar-refractivity contribution is -0.261. The molecule has 1 fully saturated rings. The number of thioether (sulfide) groups is 1. The summed E-state index contributed by atoms with van der Waals surface area (Å²) in [6.45, 7) is 6.15. The SMILES string of the molecule is CCC(O)CC(O)CC1OCC(C)(C)[C@H](C(=O)NCCC(=O)NCCSC(=O)CCC(=O)OC)O1. The van der Waals surface area contributed by atoms with Gasteiger partial charge in [-0.1, -0.05) is 32.5 Å². The van der Waals surface area contributed by atoms with Crippen LogP contribution in [0.15, 0.2) is 0 Å². The number of ether oxygens (including phenoxy) is 3. The Hall–Kier alpha value is -1.73. The molecule has 3 unspecified atom stereocenters. The summed E-state index contributed by atoms with van der Waals surface area (Å²) in [6, 6.07) is 0. The predicted octanol–water partition coefficient (Wildman–Crippen LogP) is 0.502. The van der Waals surface area contributed by atoms with Crippen LogP contribution in [0.1, 0.15) is 59.3 Å². The van der Waals surface area contributed by atoms with E-state index in [0.717, 1.165) is 11.8 Å². The van der Waals surface area contributed by atoms with E-state index in [1.807, 2.05) is 20.8 Å². The highest BCUT2D eigenvalue weighted by Crippen LogP contribution is 2.32. The molecule has 11 nitrogen and oxygen atoms in total. The van der Waals surface area contributed by atoms with Crippen LogP contribution in [0.3, 0.4) is 0 Å². The molecule has 0 aliphatic carbocycles. The highest BCUT2D eigenvalue weighted by atomic mass is 32.2. The monoisotopic (exact) mass is 520 g/mol. The minimum atomic E-state index is -0.819. The van der Waals surface area contributed by atoms with Crippen LogP contribution in [0.4, 0.5) is 0 Å². The van der Waals surface area contributed by atoms with Crippen LogP contribution in [0.2, 0.25) is 0 Å². The maximum atomic E-state index is 12.7. The first kappa shape index (κ1) is 31.3. The van der Waals surface area contributed by atoms with Gasteiger partial charge in [0.25, 0.3) is 0 Å². The lowest BCUT2D eigenvalue weighted by Gasteiger charge is -2.41. The van der Waals surface area contributed by atoms with Crippen LogP contribution >= 0.6 is 11.8 Å². The summed E-state index contributed by atoms with van der Waals surface area (Å²) >= 11 is 1.04. The average Bonchev–Trinajstić information content (AvgIpc) is 2.80. The molecule has 0 aromatic rings. The largest absolute Gasteiger partial charge is 0.469 e. The Morgan fingerprint density at radius 3 is 2.46 bits per heavy atom. The van der Waals surface area contributed by atoms with E-state index >= 15 is 0 Å². The van der Waals surface area contributed by atoms with Gasteiger partial charge >= 0.3 is 5.97 Å². The van der Waals surface area contributed by atoms with E-state index in [1.165, 1.54) is 7.11 Å². The summed E-state index contributed by atoms with van der Waals surface area (Å²) in [7, 11) is 1.26. The molecule has 4 N–H and O–H groups in total. The molecule has 1 aliphatic heterocycles. The zero-order chi connectivity index (χ0) is 26.4. The third-order valence-electron chi connectivity index (χ3n) is 5.46. The van der Waals surface area contributed by atoms with Gasteiger partial charge in [0.1, 0.15) is 6.10 Å². The van der Waals surface area contributed by atoms with Gasteiger partial charge in [0.15, 0.2) is 11.4 Å². The van der Waals surface area contributed by atoms with E-state index < -0.39 is 36.0 Å². The number of amides is 2. The van der Waals surface area contributed by atoms with Crippen molar-refractivity contribution in [2.45, 2.75) is 83.9 Å². The van der Waals surface area contributed by atoms with Crippen molar-refractivity contribution in [2.24, 2.45) is 5.41 Å². The number of nitrogens with one attached hydrogen (secondary N) is 2. The molecule has 1 saturated heterocycles. The second-order valence-electron chi connectivity index (χ2n) is 9.12. The molecule has 0 radical (unpaired) electrons. The van der Waals surface area contributed by atoms with Crippen molar-refractivity contribution in [3.63, 3.8) is 0 Å². The maximum absolute atomic E-state index is 12.7. The second kappa shape index (κ2) is 16.1. The molecule has 0 aromatic heterocycles. The lowest BCUT2D eigenvalue weighted by Crippen LogP contribution is -2.54. The first-order valence-corrected chi connectivity index (χ1v) is 12.9. The predicted molar refractivity (Wildman–Crippen MR) is 129 cm³/mol. The second-order valence-corrected chi connectivity index (χ2v) is 10.3. The number of aliphatic hydroxyl groups excluding tert-OH is 2. The van der Waals surface area contributed by atoms with Crippen molar-refractivity contribution in [2.75, 3.05) is 32.6 Å². The molecule has 12 heteroatoms. The summed E-state index contributed by atoms with van der Waals surface area (Å²) in [5.74, 6) is -0.699. The fourth-order valence-corrected chi connectivity index (χ4v) is 3.99. The van der Waals surface area contributed by atoms with Crippen LogP contribution in [0, 0.1) is 5.41 Å². The number of carbonyl (C=O) groups is 4. The van der Waals surface area contributed by atoms with Crippen LogP contribution in [-0.2, 0) is 33.4 Å². The Kier molecular flexibility index (Phi) is 14.4. The van der Waals surface area contributed by atoms with Crippen molar-refractivity contribution >= 4 is 34.7 Å². The van der Waals surface area contributed by atoms with Crippen LogP contribution in [0.5, 0.6) is 0 Å². The Bertz CT molecular complexity index is 704. The molecule has 1 rings (SSSR count). The van der Waals surface area contributed by atoms with Gasteiger partial charge in [-0.15, -0.1) is 0 Å². The number of hydrogen-bond donors (Lipinski definition) is 4. The number of rotatable bonds is 15. The van der Waals surface area contributed by atoms with Gasteiger partial charge in [0.05, 0.1) is 32.3 Å². The van der Waals surface area contributed by atoms with E-state index in [-0.39, 0.29) is 68.7 Å². The maximum Gasteiger partial charge on any atom is 0.305 e. The van der Waals surface area contributed by atoms with E-state index in [4.69, 9.17) is 9.47 Å². The summed E-state index contributed by atoms with van der Waals surface area (Å²) < 4.78 is 15.9. The zero-order valence-corrected chi connectivity index (χ0v) is 21.9. The van der Waals surface area contributed by atoms with Gasteiger partial charge in [0.2, 0.25) is 11.8 Å². The third kappa shape index (κ3) is 12.7. The molecule has 0 saturated carbocycles. The molecule has 202 valence electrons. The fourth-order valence-electron chi connectivity index (χ4n) is 3.31. The smallest absolute Gasteiger partial charge is 0.305 e. The Morgan fingerprint density at radius 2 is 1.80 bits per heavy atom. The molecule has 4 atom stereocenters. The number of esters is 1. The minimum absolute atomic E-state index is 0.0331. The van der Waals surface area contributed by atoms with E-state index in [0.29, 0.717) is 12.2 Å². The molecule has 2 amide bonds. The van der Waals surface area contributed by atoms with Crippen molar-refractivity contribution in [1.82, 2.24) is 10.6 Å². The first-order valence-electron chi connectivity index (χ1n) is 11.9. The van der Waals surface area contributed by atoms with Crippen molar-refractivity contribution < 1.29 is 43.6 Å². The third-order valence-corrected chi connectivity index (χ3v) is 6.39. The highest BCUT2D eigenvalue weighted by Gasteiger charge is 2.43. The molecule has 0 aromatic carbocycles. The first-order chi connectivity index (χ1) is 16.5. The molecule has 0 bridgehead atoms. The zero-order valence-electron chi connectivity index (χ0n) is 21.0. The van der Waals surface area contributed by atoms with E-state index in [2.05, 4.69) is 15.4 Å². The highest BCUT2D eigenvalue weighted by molar-refractivity contribution is 8.13. The normalized spacial score (nSPS) is 21.0. The summed E-state index contributed by atoms with van der Waals surface area (Å²) in [4.78, 5) is 47.4. The van der Waals surface area contributed by atoms with E-state index in [1.54, 1.807) is 0 Å². The Balaban J connectivity index is 2.32. The van der Waals surface area contributed by atoms with Gasteiger partial charge < -0.3 is 35.1 Å². The van der Waals surface area contributed by atoms with Gasteiger partial charge in [-0.2, -0.15) is 0 Å². The summed E-state index contributed by atoms with van der Waals surface area (Å²) in [6.07, 6.45) is -1.96. The molecular weight excluding hydrogens is 480 g/mol. The number of carbonyl (C=O) groups excluding carboxylic acids is 4. The quantitative estimate of drug-likeness (QED) is 0.177. The fraction of sp³-hybridized carbons (Fsp3) is 0.826. The minimum Gasteiger partial charge on any atom is -0.469 e. The Labute approximate surface area is 211 Å². The van der Waals surface area contributed by atoms with E-state index in [9.17, 15) is 29.4 Å². The average molecular weight is 521 g/mol. The van der Waals surface area contributed by atoms with Gasteiger partial charge in [0, 0.05) is 43.5 Å². The number of aliphatic hydroxyl groups is 2. The molecule has 1 aliphatic rings. The summed E-state index contributed by atoms with van der Waals surface area (Å²) in [5.41, 5.74) is -0.603. The Morgan fingerprint density at radius 1 is 1.09 bits per heavy atom. The van der Waals surface area contributed by atoms with Gasteiger partial charge in [-0.05, 0) is 12.8 Å². The molecule has 1 heterocycles. The standard InChI is InChI=1S/C23H40N2O9S/c1-5-15(26)12-16(27)13-20-33-14-23(2,3)21(34-20)22(31)25-9-8-17(28)24-10-11-35-19(30)7-6-18(29)32-4/h15-16,20-21,26-27H,5-14H2,1-4H3,(H,24,28)(H,25,31)/t15?,16?,20?,21-/m0/s1. The summed E-state index contributed by atoms with van der Waals surface area (Å²) in [5, 5.41) is 25.1.